The maximum absolute atomic E-state index is 4.73. The predicted molar refractivity (Wildman–Crippen MR) is 97.5 cm³/mol. The quantitative estimate of drug-likeness (QED) is 0.561. The van der Waals surface area contributed by atoms with Gasteiger partial charge in [0.15, 0.2) is 5.16 Å². The number of nitrogens with one attached hydrogen (secondary N) is 2. The maximum Gasteiger partial charge on any atom is 0.190 e. The number of aromatic nitrogens is 4. The van der Waals surface area contributed by atoms with Crippen molar-refractivity contribution in [2.75, 3.05) is 31.1 Å². The van der Waals surface area contributed by atoms with Crippen molar-refractivity contribution in [1.29, 1.82) is 0 Å². The van der Waals surface area contributed by atoms with Crippen LogP contribution in [0.1, 0.15) is 11.5 Å². The molecule has 124 valence electrons. The number of hydrogen-bond acceptors (Lipinski definition) is 6. The summed E-state index contributed by atoms with van der Waals surface area (Å²) in [7, 11) is 0. The minimum atomic E-state index is 0.735. The molecule has 0 spiro atoms. The molecule has 1 aliphatic rings. The fourth-order valence-corrected chi connectivity index (χ4v) is 3.62. The summed E-state index contributed by atoms with van der Waals surface area (Å²) in [6, 6.07) is 10.1. The van der Waals surface area contributed by atoms with Crippen LogP contribution in [0.25, 0.3) is 11.0 Å². The van der Waals surface area contributed by atoms with E-state index in [2.05, 4.69) is 31.2 Å². The van der Waals surface area contributed by atoms with Crippen LogP contribution in [0.15, 0.2) is 35.5 Å². The Bertz CT molecular complexity index is 807. The number of benzene rings is 1. The number of rotatable bonds is 4. The molecule has 0 bridgehead atoms. The first-order valence-electron chi connectivity index (χ1n) is 8.16. The van der Waals surface area contributed by atoms with E-state index in [1.165, 1.54) is 0 Å². The number of H-pyrrole nitrogens is 1. The molecule has 1 aromatic carbocycles. The van der Waals surface area contributed by atoms with Gasteiger partial charge in [0.2, 0.25) is 0 Å². The van der Waals surface area contributed by atoms with E-state index in [0.29, 0.717) is 0 Å². The lowest BCUT2D eigenvalue weighted by Crippen LogP contribution is -2.44. The average Bonchev–Trinajstić information content (AvgIpc) is 3.03. The SMILES string of the molecule is Cc1cc(N2CCNCC2)nc(SCc2nc3ccccc3[nH]2)n1. The van der Waals surface area contributed by atoms with Crippen molar-refractivity contribution in [2.24, 2.45) is 0 Å². The molecule has 0 aliphatic carbocycles. The third-order valence-corrected chi connectivity index (χ3v) is 4.90. The number of imidazole rings is 1. The summed E-state index contributed by atoms with van der Waals surface area (Å²) in [5.41, 5.74) is 3.07. The summed E-state index contributed by atoms with van der Waals surface area (Å²) < 4.78 is 0. The van der Waals surface area contributed by atoms with Crippen LogP contribution >= 0.6 is 11.8 Å². The van der Waals surface area contributed by atoms with E-state index in [4.69, 9.17) is 4.98 Å². The predicted octanol–water partition coefficient (Wildman–Crippen LogP) is 2.36. The van der Waals surface area contributed by atoms with Crippen LogP contribution in [0, 0.1) is 6.92 Å². The van der Waals surface area contributed by atoms with Crippen LogP contribution in [0.3, 0.4) is 0 Å². The third kappa shape index (κ3) is 3.37. The summed E-state index contributed by atoms with van der Waals surface area (Å²) in [6.45, 7) is 6.02. The van der Waals surface area contributed by atoms with Gasteiger partial charge < -0.3 is 15.2 Å². The Morgan fingerprint density at radius 1 is 1.12 bits per heavy atom. The van der Waals surface area contributed by atoms with Gasteiger partial charge in [-0.2, -0.15) is 0 Å². The van der Waals surface area contributed by atoms with Crippen molar-refractivity contribution in [2.45, 2.75) is 17.8 Å². The zero-order valence-electron chi connectivity index (χ0n) is 13.6. The van der Waals surface area contributed by atoms with Gasteiger partial charge in [0.05, 0.1) is 16.8 Å². The van der Waals surface area contributed by atoms with Crippen molar-refractivity contribution in [1.82, 2.24) is 25.3 Å². The van der Waals surface area contributed by atoms with Gasteiger partial charge in [-0.3, -0.25) is 0 Å². The number of nitrogens with zero attached hydrogens (tertiary/aromatic N) is 4. The molecule has 1 aliphatic heterocycles. The maximum atomic E-state index is 4.73. The molecule has 24 heavy (non-hydrogen) atoms. The number of piperazine rings is 1. The smallest absolute Gasteiger partial charge is 0.190 e. The van der Waals surface area contributed by atoms with E-state index in [0.717, 1.165) is 65.5 Å². The molecule has 0 amide bonds. The van der Waals surface area contributed by atoms with Gasteiger partial charge in [-0.25, -0.2) is 15.0 Å². The molecule has 1 fully saturated rings. The largest absolute Gasteiger partial charge is 0.354 e. The molecule has 4 rings (SSSR count). The molecular weight excluding hydrogens is 320 g/mol. The molecule has 7 heteroatoms. The van der Waals surface area contributed by atoms with Gasteiger partial charge in [0.1, 0.15) is 11.6 Å². The number of aryl methyl sites for hydroxylation is 1. The lowest BCUT2D eigenvalue weighted by Gasteiger charge is -2.28. The number of fused-ring (bicyclic) bond motifs is 1. The van der Waals surface area contributed by atoms with Crippen LogP contribution < -0.4 is 10.2 Å². The molecule has 2 aromatic heterocycles. The highest BCUT2D eigenvalue weighted by Crippen LogP contribution is 2.23. The van der Waals surface area contributed by atoms with Gasteiger partial charge in [-0.15, -0.1) is 0 Å². The van der Waals surface area contributed by atoms with Gasteiger partial charge >= 0.3 is 0 Å². The second kappa shape index (κ2) is 6.78. The van der Waals surface area contributed by atoms with Gasteiger partial charge in [0, 0.05) is 37.9 Å². The standard InChI is InChI=1S/C17H20N6S/c1-12-10-16(23-8-6-18-7-9-23)22-17(19-12)24-11-15-20-13-4-2-3-5-14(13)21-15/h2-5,10,18H,6-9,11H2,1H3,(H,20,21). The first kappa shape index (κ1) is 15.4. The van der Waals surface area contributed by atoms with Crippen molar-refractivity contribution in [3.8, 4) is 0 Å². The number of hydrogen-bond donors (Lipinski definition) is 2. The van der Waals surface area contributed by atoms with Crippen molar-refractivity contribution in [3.63, 3.8) is 0 Å². The lowest BCUT2D eigenvalue weighted by molar-refractivity contribution is 0.582. The molecule has 6 nitrogen and oxygen atoms in total. The molecule has 0 saturated carbocycles. The second-order valence-electron chi connectivity index (χ2n) is 5.88. The Balaban J connectivity index is 1.50. The first-order valence-corrected chi connectivity index (χ1v) is 9.14. The number of thioether (sulfide) groups is 1. The van der Waals surface area contributed by atoms with Crippen LogP contribution in [-0.4, -0.2) is 46.1 Å². The Labute approximate surface area is 145 Å². The van der Waals surface area contributed by atoms with E-state index >= 15 is 0 Å². The van der Waals surface area contributed by atoms with Gasteiger partial charge in [0.25, 0.3) is 0 Å². The van der Waals surface area contributed by atoms with Crippen molar-refractivity contribution < 1.29 is 0 Å². The molecular formula is C17H20N6S. The fraction of sp³-hybridized carbons (Fsp3) is 0.353. The summed E-state index contributed by atoms with van der Waals surface area (Å²) >= 11 is 1.62. The van der Waals surface area contributed by atoms with Crippen LogP contribution in [-0.2, 0) is 5.75 Å². The molecule has 2 N–H and O–H groups in total. The van der Waals surface area contributed by atoms with E-state index in [1.807, 2.05) is 31.2 Å². The molecule has 0 radical (unpaired) electrons. The number of anilines is 1. The van der Waals surface area contributed by atoms with Crippen LogP contribution in [0.4, 0.5) is 5.82 Å². The Kier molecular flexibility index (Phi) is 4.36. The molecule has 1 saturated heterocycles. The summed E-state index contributed by atoms with van der Waals surface area (Å²) in [6.07, 6.45) is 0. The molecule has 0 atom stereocenters. The number of para-hydroxylation sites is 2. The monoisotopic (exact) mass is 340 g/mol. The summed E-state index contributed by atoms with van der Waals surface area (Å²) in [5, 5.41) is 4.18. The molecule has 3 heterocycles. The van der Waals surface area contributed by atoms with E-state index in [-0.39, 0.29) is 0 Å². The zero-order valence-corrected chi connectivity index (χ0v) is 14.4. The zero-order chi connectivity index (χ0) is 16.4. The Morgan fingerprint density at radius 3 is 2.79 bits per heavy atom. The van der Waals surface area contributed by atoms with E-state index < -0.39 is 0 Å². The summed E-state index contributed by atoms with van der Waals surface area (Å²) in [5.74, 6) is 2.71. The topological polar surface area (TPSA) is 69.7 Å². The average molecular weight is 340 g/mol. The summed E-state index contributed by atoms with van der Waals surface area (Å²) in [4.78, 5) is 19.6. The second-order valence-corrected chi connectivity index (χ2v) is 6.82. The van der Waals surface area contributed by atoms with E-state index in [1.54, 1.807) is 11.8 Å². The highest BCUT2D eigenvalue weighted by molar-refractivity contribution is 7.98. The normalized spacial score (nSPS) is 15.1. The van der Waals surface area contributed by atoms with Crippen molar-refractivity contribution >= 4 is 28.6 Å². The molecule has 3 aromatic rings. The first-order chi connectivity index (χ1) is 11.8. The van der Waals surface area contributed by atoms with E-state index in [9.17, 15) is 0 Å². The number of aromatic amines is 1. The lowest BCUT2D eigenvalue weighted by atomic mass is 10.3. The van der Waals surface area contributed by atoms with Crippen LogP contribution in [0.5, 0.6) is 0 Å². The Hall–Kier alpha value is -2.12. The molecule has 0 unspecified atom stereocenters. The van der Waals surface area contributed by atoms with Gasteiger partial charge in [-0.1, -0.05) is 23.9 Å². The minimum Gasteiger partial charge on any atom is -0.354 e. The Morgan fingerprint density at radius 2 is 1.96 bits per heavy atom. The van der Waals surface area contributed by atoms with Crippen molar-refractivity contribution in [3.05, 3.63) is 41.9 Å². The fourth-order valence-electron chi connectivity index (χ4n) is 2.85. The highest BCUT2D eigenvalue weighted by atomic mass is 32.2. The van der Waals surface area contributed by atoms with Gasteiger partial charge in [-0.05, 0) is 19.1 Å². The minimum absolute atomic E-state index is 0.735. The highest BCUT2D eigenvalue weighted by Gasteiger charge is 2.14. The van der Waals surface area contributed by atoms with Crippen LogP contribution in [0.2, 0.25) is 0 Å². The third-order valence-electron chi connectivity index (χ3n) is 4.04.